The van der Waals surface area contributed by atoms with E-state index in [1.54, 1.807) is 0 Å². The fourth-order valence-corrected chi connectivity index (χ4v) is 1.62. The van der Waals surface area contributed by atoms with E-state index in [1.165, 1.54) is 6.07 Å². The number of anilines is 1. The molecule has 1 amide bonds. The lowest BCUT2D eigenvalue weighted by Gasteiger charge is -2.22. The van der Waals surface area contributed by atoms with Gasteiger partial charge in [-0.05, 0) is 34.1 Å². The first-order chi connectivity index (χ1) is 9.67. The molecule has 1 aromatic heterocycles. The maximum atomic E-state index is 11.6. The number of H-pyrrole nitrogens is 1. The molecule has 0 aliphatic rings. The molecule has 0 bridgehead atoms. The number of hydrogen-bond acceptors (Lipinski definition) is 5. The molecule has 7 nitrogen and oxygen atoms in total. The molecule has 0 aliphatic carbocycles. The normalized spacial score (nSPS) is 12.6. The molecule has 118 valence electrons. The number of halogens is 1. The number of hydrogen-bond donors (Lipinski definition) is 3. The molecule has 0 aromatic carbocycles. The van der Waals surface area contributed by atoms with Gasteiger partial charge in [-0.25, -0.2) is 9.89 Å². The fourth-order valence-electron chi connectivity index (χ4n) is 1.47. The first-order valence-electron chi connectivity index (χ1n) is 6.66. The quantitative estimate of drug-likeness (QED) is 0.773. The number of alkyl carbamates (subject to hydrolysis) is 1. The van der Waals surface area contributed by atoms with Gasteiger partial charge in [-0.2, -0.15) is 5.10 Å². The number of amides is 1. The van der Waals surface area contributed by atoms with Crippen LogP contribution in [0.4, 0.5) is 10.6 Å². The van der Waals surface area contributed by atoms with E-state index in [0.717, 1.165) is 0 Å². The van der Waals surface area contributed by atoms with Crippen LogP contribution in [-0.2, 0) is 4.74 Å². The van der Waals surface area contributed by atoms with E-state index in [4.69, 9.17) is 16.3 Å². The van der Waals surface area contributed by atoms with Crippen LogP contribution in [0.15, 0.2) is 10.9 Å². The van der Waals surface area contributed by atoms with E-state index in [0.29, 0.717) is 18.8 Å². The third-order valence-corrected chi connectivity index (χ3v) is 2.69. The molecule has 0 radical (unpaired) electrons. The standard InChI is InChI=1S/C13H21ClN4O3/c1-8(16-12(20)21-13(2,3)4)5-6-15-10-7-9(14)11(19)18-17-10/h7-8H,5-6H2,1-4H3,(H,15,17)(H,16,20)(H,18,19)/t8-/m1/s1. The smallest absolute Gasteiger partial charge is 0.407 e. The molecule has 1 heterocycles. The molecular formula is C13H21ClN4O3. The predicted octanol–water partition coefficient (Wildman–Crippen LogP) is 2.14. The number of nitrogens with zero attached hydrogens (tertiary/aromatic N) is 1. The Balaban J connectivity index is 2.33. The van der Waals surface area contributed by atoms with Crippen molar-refractivity contribution in [1.29, 1.82) is 0 Å². The summed E-state index contributed by atoms with van der Waals surface area (Å²) < 4.78 is 5.16. The maximum absolute atomic E-state index is 11.6. The van der Waals surface area contributed by atoms with E-state index in [9.17, 15) is 9.59 Å². The Morgan fingerprint density at radius 1 is 1.52 bits per heavy atom. The molecule has 0 saturated heterocycles. The van der Waals surface area contributed by atoms with Crippen LogP contribution in [0.2, 0.25) is 5.02 Å². The van der Waals surface area contributed by atoms with Crippen molar-refractivity contribution in [2.24, 2.45) is 0 Å². The number of carbonyl (C=O) groups excluding carboxylic acids is 1. The van der Waals surface area contributed by atoms with Crippen LogP contribution >= 0.6 is 11.6 Å². The number of aromatic nitrogens is 2. The van der Waals surface area contributed by atoms with Gasteiger partial charge in [0.15, 0.2) is 0 Å². The molecule has 1 rings (SSSR count). The average Bonchev–Trinajstić information content (AvgIpc) is 2.31. The summed E-state index contributed by atoms with van der Waals surface area (Å²) >= 11 is 5.69. The molecule has 0 aliphatic heterocycles. The first kappa shape index (κ1) is 17.3. The van der Waals surface area contributed by atoms with Gasteiger partial charge in [-0.3, -0.25) is 4.79 Å². The van der Waals surface area contributed by atoms with Crippen molar-refractivity contribution in [3.8, 4) is 0 Å². The van der Waals surface area contributed by atoms with Gasteiger partial charge in [0.2, 0.25) is 0 Å². The first-order valence-corrected chi connectivity index (χ1v) is 7.04. The molecule has 1 atom stereocenters. The predicted molar refractivity (Wildman–Crippen MR) is 81.8 cm³/mol. The topological polar surface area (TPSA) is 96.1 Å². The third-order valence-electron chi connectivity index (χ3n) is 2.40. The molecule has 8 heteroatoms. The number of nitrogens with one attached hydrogen (secondary N) is 3. The van der Waals surface area contributed by atoms with Crippen molar-refractivity contribution in [1.82, 2.24) is 15.5 Å². The average molecular weight is 317 g/mol. The van der Waals surface area contributed by atoms with Crippen LogP contribution in [0, 0.1) is 0 Å². The summed E-state index contributed by atoms with van der Waals surface area (Å²) in [6.07, 6.45) is 0.220. The van der Waals surface area contributed by atoms with Gasteiger partial charge in [-0.15, -0.1) is 0 Å². The molecule has 0 unspecified atom stereocenters. The highest BCUT2D eigenvalue weighted by Crippen LogP contribution is 2.08. The highest BCUT2D eigenvalue weighted by molar-refractivity contribution is 6.30. The number of carbonyl (C=O) groups is 1. The highest BCUT2D eigenvalue weighted by atomic mass is 35.5. The van der Waals surface area contributed by atoms with Crippen molar-refractivity contribution in [3.05, 3.63) is 21.4 Å². The molecule has 3 N–H and O–H groups in total. The van der Waals surface area contributed by atoms with E-state index >= 15 is 0 Å². The second-order valence-corrected chi connectivity index (χ2v) is 6.10. The number of rotatable bonds is 5. The van der Waals surface area contributed by atoms with E-state index in [2.05, 4.69) is 20.8 Å². The minimum Gasteiger partial charge on any atom is -0.444 e. The Bertz CT molecular complexity index is 539. The van der Waals surface area contributed by atoms with Gasteiger partial charge in [0.05, 0.1) is 0 Å². The largest absolute Gasteiger partial charge is 0.444 e. The van der Waals surface area contributed by atoms with Gasteiger partial charge in [0.25, 0.3) is 5.56 Å². The van der Waals surface area contributed by atoms with Crippen LogP contribution in [0.5, 0.6) is 0 Å². The zero-order chi connectivity index (χ0) is 16.0. The Kier molecular flexibility index (Phi) is 6.02. The van der Waals surface area contributed by atoms with E-state index in [-0.39, 0.29) is 11.1 Å². The summed E-state index contributed by atoms with van der Waals surface area (Å²) in [4.78, 5) is 22.6. The minimum atomic E-state index is -0.515. The summed E-state index contributed by atoms with van der Waals surface area (Å²) in [6.45, 7) is 7.87. The fraction of sp³-hybridized carbons (Fsp3) is 0.615. The highest BCUT2D eigenvalue weighted by Gasteiger charge is 2.17. The van der Waals surface area contributed by atoms with Gasteiger partial charge in [0.1, 0.15) is 16.4 Å². The Morgan fingerprint density at radius 3 is 2.76 bits per heavy atom. The van der Waals surface area contributed by atoms with Crippen LogP contribution in [0.3, 0.4) is 0 Å². The molecule has 1 aromatic rings. The van der Waals surface area contributed by atoms with Crippen molar-refractivity contribution >= 4 is 23.5 Å². The summed E-state index contributed by atoms with van der Waals surface area (Å²) in [6, 6.07) is 1.39. The zero-order valence-electron chi connectivity index (χ0n) is 12.6. The van der Waals surface area contributed by atoms with Gasteiger partial charge < -0.3 is 15.4 Å². The minimum absolute atomic E-state index is 0.0643. The van der Waals surface area contributed by atoms with Crippen LogP contribution in [0.1, 0.15) is 34.1 Å². The van der Waals surface area contributed by atoms with Crippen molar-refractivity contribution in [3.63, 3.8) is 0 Å². The molecule has 0 saturated carbocycles. The van der Waals surface area contributed by atoms with E-state index in [1.807, 2.05) is 27.7 Å². The second kappa shape index (κ2) is 7.31. The third kappa shape index (κ3) is 6.99. The molecule has 0 spiro atoms. The lowest BCUT2D eigenvalue weighted by Crippen LogP contribution is -2.38. The molecular weight excluding hydrogens is 296 g/mol. The lowest BCUT2D eigenvalue weighted by molar-refractivity contribution is 0.0507. The SMILES string of the molecule is C[C@H](CCNc1cc(Cl)c(=O)[nH]n1)NC(=O)OC(C)(C)C. The molecule has 21 heavy (non-hydrogen) atoms. The van der Waals surface area contributed by atoms with Crippen molar-refractivity contribution < 1.29 is 9.53 Å². The Labute approximate surface area is 128 Å². The monoisotopic (exact) mass is 316 g/mol. The van der Waals surface area contributed by atoms with Crippen LogP contribution in [-0.4, -0.2) is 34.5 Å². The van der Waals surface area contributed by atoms with Gasteiger partial charge >= 0.3 is 6.09 Å². The van der Waals surface area contributed by atoms with Gasteiger partial charge in [-0.1, -0.05) is 11.6 Å². The van der Waals surface area contributed by atoms with Crippen molar-refractivity contribution in [2.75, 3.05) is 11.9 Å². The lowest BCUT2D eigenvalue weighted by atomic mass is 10.2. The Hall–Kier alpha value is -1.76. The summed E-state index contributed by atoms with van der Waals surface area (Å²) in [5.41, 5.74) is -0.944. The number of ether oxygens (including phenoxy) is 1. The summed E-state index contributed by atoms with van der Waals surface area (Å²) in [5, 5.41) is 11.9. The van der Waals surface area contributed by atoms with Crippen LogP contribution < -0.4 is 16.2 Å². The summed E-state index contributed by atoms with van der Waals surface area (Å²) in [5.74, 6) is 0.476. The maximum Gasteiger partial charge on any atom is 0.407 e. The van der Waals surface area contributed by atoms with Gasteiger partial charge in [0, 0.05) is 18.7 Å². The number of aromatic amines is 1. The zero-order valence-corrected chi connectivity index (χ0v) is 13.4. The summed E-state index contributed by atoms with van der Waals surface area (Å²) in [7, 11) is 0. The second-order valence-electron chi connectivity index (χ2n) is 5.69. The Morgan fingerprint density at radius 2 is 2.19 bits per heavy atom. The van der Waals surface area contributed by atoms with Crippen molar-refractivity contribution in [2.45, 2.75) is 45.8 Å². The molecule has 0 fully saturated rings. The van der Waals surface area contributed by atoms with Crippen LogP contribution in [0.25, 0.3) is 0 Å². The van der Waals surface area contributed by atoms with E-state index < -0.39 is 17.3 Å².